The lowest BCUT2D eigenvalue weighted by atomic mass is 9.99. The minimum Gasteiger partial charge on any atom is -0.497 e. The van der Waals surface area contributed by atoms with Gasteiger partial charge in [0.05, 0.1) is 13.2 Å². The Hall–Kier alpha value is -1.73. The van der Waals surface area contributed by atoms with Crippen molar-refractivity contribution in [3.63, 3.8) is 0 Å². The Morgan fingerprint density at radius 2 is 1.90 bits per heavy atom. The number of methoxy groups -OCH3 is 1. The smallest absolute Gasteiger partial charge is 0.119 e. The van der Waals surface area contributed by atoms with Gasteiger partial charge in [-0.15, -0.1) is 0 Å². The first-order valence-corrected chi connectivity index (χ1v) is 7.23. The van der Waals surface area contributed by atoms with Crippen LogP contribution in [-0.4, -0.2) is 24.8 Å². The van der Waals surface area contributed by atoms with Crippen LogP contribution >= 0.6 is 0 Å². The molecule has 0 amide bonds. The molecule has 4 nitrogen and oxygen atoms in total. The van der Waals surface area contributed by atoms with Crippen LogP contribution in [0.5, 0.6) is 11.5 Å². The molecule has 3 rings (SSSR count). The van der Waals surface area contributed by atoms with Crippen LogP contribution in [0.2, 0.25) is 0 Å². The van der Waals surface area contributed by atoms with Crippen molar-refractivity contribution in [1.29, 1.82) is 5.26 Å². The molecule has 4 heteroatoms. The largest absolute Gasteiger partial charge is 0.497 e. The van der Waals surface area contributed by atoms with Gasteiger partial charge >= 0.3 is 0 Å². The third kappa shape index (κ3) is 2.88. The predicted molar refractivity (Wildman–Crippen MR) is 75.8 cm³/mol. The molecular formula is C16H20N2O2. The molecule has 1 aromatic rings. The van der Waals surface area contributed by atoms with E-state index in [9.17, 15) is 5.26 Å². The van der Waals surface area contributed by atoms with Crippen molar-refractivity contribution in [2.45, 2.75) is 49.8 Å². The van der Waals surface area contributed by atoms with E-state index >= 15 is 0 Å². The summed E-state index contributed by atoms with van der Waals surface area (Å²) in [6.07, 6.45) is 5.10. The maximum Gasteiger partial charge on any atom is 0.119 e. The third-order valence-corrected chi connectivity index (χ3v) is 4.10. The van der Waals surface area contributed by atoms with Gasteiger partial charge in [-0.05, 0) is 49.9 Å². The molecule has 106 valence electrons. The van der Waals surface area contributed by atoms with Crippen LogP contribution in [0.1, 0.15) is 32.1 Å². The summed E-state index contributed by atoms with van der Waals surface area (Å²) >= 11 is 0. The molecule has 2 fully saturated rings. The molecule has 0 aromatic heterocycles. The van der Waals surface area contributed by atoms with Crippen molar-refractivity contribution in [3.8, 4) is 17.6 Å². The quantitative estimate of drug-likeness (QED) is 0.895. The average molecular weight is 272 g/mol. The predicted octanol–water partition coefficient (Wildman–Crippen LogP) is 2.64. The van der Waals surface area contributed by atoms with E-state index in [0.717, 1.165) is 30.8 Å². The fraction of sp³-hybridized carbons (Fsp3) is 0.562. The minimum atomic E-state index is -0.377. The molecule has 1 N–H and O–H groups in total. The van der Waals surface area contributed by atoms with Crippen LogP contribution < -0.4 is 14.8 Å². The number of hydrogen-bond acceptors (Lipinski definition) is 4. The summed E-state index contributed by atoms with van der Waals surface area (Å²) < 4.78 is 11.1. The van der Waals surface area contributed by atoms with Crippen molar-refractivity contribution in [1.82, 2.24) is 5.32 Å². The van der Waals surface area contributed by atoms with Gasteiger partial charge in [0.15, 0.2) is 0 Å². The van der Waals surface area contributed by atoms with Crippen LogP contribution in [0.25, 0.3) is 0 Å². The molecule has 0 saturated heterocycles. The molecule has 0 bridgehead atoms. The molecule has 2 saturated carbocycles. The van der Waals surface area contributed by atoms with Crippen LogP contribution in [-0.2, 0) is 0 Å². The summed E-state index contributed by atoms with van der Waals surface area (Å²) in [4.78, 5) is 0. The highest BCUT2D eigenvalue weighted by molar-refractivity contribution is 5.31. The summed E-state index contributed by atoms with van der Waals surface area (Å²) in [6, 6.07) is 10.6. The zero-order valence-corrected chi connectivity index (χ0v) is 11.8. The Labute approximate surface area is 119 Å². The molecule has 0 heterocycles. The molecule has 2 unspecified atom stereocenters. The maximum atomic E-state index is 9.46. The van der Waals surface area contributed by atoms with Crippen molar-refractivity contribution >= 4 is 0 Å². The molecule has 0 radical (unpaired) electrons. The summed E-state index contributed by atoms with van der Waals surface area (Å²) in [5.74, 6) is 1.67. The first kappa shape index (κ1) is 13.3. The van der Waals surface area contributed by atoms with Crippen molar-refractivity contribution in [2.75, 3.05) is 7.11 Å². The van der Waals surface area contributed by atoms with Crippen LogP contribution in [0, 0.1) is 11.3 Å². The van der Waals surface area contributed by atoms with E-state index < -0.39 is 0 Å². The monoisotopic (exact) mass is 272 g/mol. The number of nitrogens with one attached hydrogen (secondary N) is 1. The zero-order valence-electron chi connectivity index (χ0n) is 11.8. The Morgan fingerprint density at radius 3 is 2.50 bits per heavy atom. The van der Waals surface area contributed by atoms with E-state index in [-0.39, 0.29) is 11.6 Å². The van der Waals surface area contributed by atoms with Gasteiger partial charge in [-0.1, -0.05) is 0 Å². The van der Waals surface area contributed by atoms with E-state index in [1.165, 1.54) is 12.8 Å². The Morgan fingerprint density at radius 1 is 1.20 bits per heavy atom. The van der Waals surface area contributed by atoms with Crippen LogP contribution in [0.4, 0.5) is 0 Å². The van der Waals surface area contributed by atoms with Gasteiger partial charge in [0.1, 0.15) is 23.1 Å². The lowest BCUT2D eigenvalue weighted by Gasteiger charge is -2.22. The molecular weight excluding hydrogens is 252 g/mol. The van der Waals surface area contributed by atoms with Gasteiger partial charge in [0.25, 0.3) is 0 Å². The van der Waals surface area contributed by atoms with Crippen LogP contribution in [0.15, 0.2) is 24.3 Å². The van der Waals surface area contributed by atoms with Gasteiger partial charge in [0.2, 0.25) is 0 Å². The first-order valence-electron chi connectivity index (χ1n) is 7.23. The summed E-state index contributed by atoms with van der Waals surface area (Å²) in [5, 5.41) is 12.9. The molecule has 20 heavy (non-hydrogen) atoms. The number of nitrogens with zero attached hydrogens (tertiary/aromatic N) is 1. The topological polar surface area (TPSA) is 54.3 Å². The van der Waals surface area contributed by atoms with Crippen molar-refractivity contribution in [3.05, 3.63) is 24.3 Å². The van der Waals surface area contributed by atoms with Crippen molar-refractivity contribution in [2.24, 2.45) is 0 Å². The summed E-state index contributed by atoms with van der Waals surface area (Å²) in [5.41, 5.74) is -0.377. The highest BCUT2D eigenvalue weighted by Gasteiger charge is 2.43. The fourth-order valence-corrected chi connectivity index (χ4v) is 2.83. The second-order valence-corrected chi connectivity index (χ2v) is 5.77. The Bertz CT molecular complexity index is 504. The SMILES string of the molecule is COc1ccc(OC2CCC(C#N)(NC3CC3)C2)cc1. The Kier molecular flexibility index (Phi) is 3.54. The summed E-state index contributed by atoms with van der Waals surface area (Å²) in [7, 11) is 1.65. The second kappa shape index (κ2) is 5.34. The average Bonchev–Trinajstić information content (AvgIpc) is 3.20. The van der Waals surface area contributed by atoms with Gasteiger partial charge in [-0.3, -0.25) is 5.32 Å². The van der Waals surface area contributed by atoms with Crippen molar-refractivity contribution < 1.29 is 9.47 Å². The molecule has 2 atom stereocenters. The van der Waals surface area contributed by atoms with Gasteiger partial charge in [-0.25, -0.2) is 0 Å². The molecule has 1 aromatic carbocycles. The normalized spacial score (nSPS) is 28.9. The summed E-state index contributed by atoms with van der Waals surface area (Å²) in [6.45, 7) is 0. The third-order valence-electron chi connectivity index (χ3n) is 4.10. The van der Waals surface area contributed by atoms with Gasteiger partial charge < -0.3 is 9.47 Å². The van der Waals surface area contributed by atoms with Gasteiger partial charge in [0, 0.05) is 12.5 Å². The highest BCUT2D eigenvalue weighted by Crippen LogP contribution is 2.35. The lowest BCUT2D eigenvalue weighted by Crippen LogP contribution is -2.43. The van der Waals surface area contributed by atoms with Crippen LogP contribution in [0.3, 0.4) is 0 Å². The Balaban J connectivity index is 1.60. The number of rotatable bonds is 5. The lowest BCUT2D eigenvalue weighted by molar-refractivity contribution is 0.200. The van der Waals surface area contributed by atoms with E-state index in [4.69, 9.17) is 9.47 Å². The van der Waals surface area contributed by atoms with E-state index in [1.807, 2.05) is 24.3 Å². The fourth-order valence-electron chi connectivity index (χ4n) is 2.83. The minimum absolute atomic E-state index is 0.120. The second-order valence-electron chi connectivity index (χ2n) is 5.77. The van der Waals surface area contributed by atoms with E-state index in [2.05, 4.69) is 11.4 Å². The van der Waals surface area contributed by atoms with E-state index in [1.54, 1.807) is 7.11 Å². The highest BCUT2D eigenvalue weighted by atomic mass is 16.5. The molecule has 0 spiro atoms. The molecule has 0 aliphatic heterocycles. The standard InChI is InChI=1S/C16H20N2O2/c1-19-13-4-6-14(7-5-13)20-15-8-9-16(10-15,11-17)18-12-2-3-12/h4-7,12,15,18H,2-3,8-10H2,1H3. The maximum absolute atomic E-state index is 9.46. The number of hydrogen-bond donors (Lipinski definition) is 1. The first-order chi connectivity index (χ1) is 9.73. The van der Waals surface area contributed by atoms with Gasteiger partial charge in [-0.2, -0.15) is 5.26 Å². The van der Waals surface area contributed by atoms with E-state index in [0.29, 0.717) is 6.04 Å². The molecule has 2 aliphatic rings. The molecule has 2 aliphatic carbocycles. The number of ether oxygens (including phenoxy) is 2. The number of nitriles is 1. The zero-order chi connectivity index (χ0) is 14.0. The number of benzene rings is 1.